The number of H-pyrrole nitrogens is 1. The Labute approximate surface area is 105 Å². The molecule has 0 fully saturated rings. The first-order valence-corrected chi connectivity index (χ1v) is 6.62. The predicted octanol–water partition coefficient (Wildman–Crippen LogP) is 3.17. The van der Waals surface area contributed by atoms with E-state index < -0.39 is 0 Å². The Bertz CT molecular complexity index is 474. The average Bonchev–Trinajstić information content (AvgIpc) is 2.68. The van der Waals surface area contributed by atoms with Gasteiger partial charge in [-0.05, 0) is 43.8 Å². The number of likely N-dealkylation sites (N-methyl/N-ethyl adjacent to an activating group) is 1. The molecular formula is C13H17BrN2. The van der Waals surface area contributed by atoms with E-state index in [0.717, 1.165) is 18.3 Å². The molecule has 0 unspecified atom stereocenters. The minimum Gasteiger partial charge on any atom is -0.361 e. The van der Waals surface area contributed by atoms with E-state index in [4.69, 9.17) is 0 Å². The number of nitrogens with one attached hydrogen (secondary N) is 1. The summed E-state index contributed by atoms with van der Waals surface area (Å²) in [6.45, 7) is 1.09. The van der Waals surface area contributed by atoms with Crippen molar-refractivity contribution in [2.45, 2.75) is 11.8 Å². The summed E-state index contributed by atoms with van der Waals surface area (Å²) in [6.07, 6.45) is 3.23. The van der Waals surface area contributed by atoms with Crippen LogP contribution in [-0.4, -0.2) is 30.5 Å². The quantitative estimate of drug-likeness (QED) is 0.853. The van der Waals surface area contributed by atoms with Crippen molar-refractivity contribution >= 4 is 26.8 Å². The zero-order chi connectivity index (χ0) is 11.5. The third-order valence-corrected chi connectivity index (χ3v) is 3.46. The minimum absolute atomic E-state index is 0.918. The maximum atomic E-state index is 3.50. The number of nitrogens with zero attached hydrogens (tertiary/aromatic N) is 1. The highest BCUT2D eigenvalue weighted by molar-refractivity contribution is 9.08. The second-order valence-corrected chi connectivity index (χ2v) is 4.94. The van der Waals surface area contributed by atoms with Crippen LogP contribution < -0.4 is 0 Å². The molecule has 0 saturated carbocycles. The molecule has 1 N–H and O–H groups in total. The Hall–Kier alpha value is -0.800. The van der Waals surface area contributed by atoms with E-state index in [2.05, 4.69) is 64.3 Å². The van der Waals surface area contributed by atoms with Crippen molar-refractivity contribution < 1.29 is 0 Å². The molecule has 0 spiro atoms. The molecule has 2 rings (SSSR count). The predicted molar refractivity (Wildman–Crippen MR) is 73.2 cm³/mol. The average molecular weight is 281 g/mol. The summed E-state index contributed by atoms with van der Waals surface area (Å²) in [6, 6.07) is 6.58. The number of halogens is 1. The Balaban J connectivity index is 2.30. The van der Waals surface area contributed by atoms with E-state index in [1.165, 1.54) is 22.0 Å². The summed E-state index contributed by atoms with van der Waals surface area (Å²) in [4.78, 5) is 5.54. The lowest BCUT2D eigenvalue weighted by Gasteiger charge is -2.08. The standard InChI is InChI=1S/C13H17BrN2/c1-16(2)6-5-11-9-15-13-4-3-10(8-14)7-12(11)13/h3-4,7,9,15H,5-6,8H2,1-2H3. The fourth-order valence-corrected chi connectivity index (χ4v) is 2.21. The van der Waals surface area contributed by atoms with Crippen LogP contribution in [0.15, 0.2) is 24.4 Å². The van der Waals surface area contributed by atoms with Gasteiger partial charge in [0.05, 0.1) is 0 Å². The van der Waals surface area contributed by atoms with Crippen molar-refractivity contribution in [3.8, 4) is 0 Å². The van der Waals surface area contributed by atoms with Crippen molar-refractivity contribution in [1.82, 2.24) is 9.88 Å². The van der Waals surface area contributed by atoms with Crippen LogP contribution in [0, 0.1) is 0 Å². The van der Waals surface area contributed by atoms with Gasteiger partial charge in [0.15, 0.2) is 0 Å². The van der Waals surface area contributed by atoms with Crippen LogP contribution in [0.25, 0.3) is 10.9 Å². The summed E-state index contributed by atoms with van der Waals surface area (Å²) in [5.41, 5.74) is 3.98. The van der Waals surface area contributed by atoms with Crippen LogP contribution >= 0.6 is 15.9 Å². The molecule has 0 amide bonds. The second kappa shape index (κ2) is 5.02. The molecule has 16 heavy (non-hydrogen) atoms. The van der Waals surface area contributed by atoms with Gasteiger partial charge in [0, 0.05) is 29.0 Å². The van der Waals surface area contributed by atoms with E-state index >= 15 is 0 Å². The van der Waals surface area contributed by atoms with E-state index in [-0.39, 0.29) is 0 Å². The molecule has 0 bridgehead atoms. The van der Waals surface area contributed by atoms with Gasteiger partial charge >= 0.3 is 0 Å². The Morgan fingerprint density at radius 2 is 2.12 bits per heavy atom. The molecule has 0 radical (unpaired) electrons. The van der Waals surface area contributed by atoms with E-state index in [9.17, 15) is 0 Å². The highest BCUT2D eigenvalue weighted by Gasteiger charge is 2.04. The van der Waals surface area contributed by atoms with E-state index in [0.29, 0.717) is 0 Å². The number of benzene rings is 1. The number of hydrogen-bond donors (Lipinski definition) is 1. The van der Waals surface area contributed by atoms with Gasteiger partial charge in [-0.1, -0.05) is 22.0 Å². The molecule has 0 atom stereocenters. The van der Waals surface area contributed by atoms with Crippen LogP contribution in [0.1, 0.15) is 11.1 Å². The van der Waals surface area contributed by atoms with Crippen LogP contribution in [0.4, 0.5) is 0 Å². The largest absolute Gasteiger partial charge is 0.361 e. The molecule has 0 aliphatic carbocycles. The molecule has 3 heteroatoms. The van der Waals surface area contributed by atoms with Crippen LogP contribution in [0.3, 0.4) is 0 Å². The maximum Gasteiger partial charge on any atom is 0.0457 e. The number of hydrogen-bond acceptors (Lipinski definition) is 1. The first kappa shape index (κ1) is 11.7. The number of aromatic amines is 1. The van der Waals surface area contributed by atoms with Gasteiger partial charge in [0.1, 0.15) is 0 Å². The Morgan fingerprint density at radius 3 is 2.81 bits per heavy atom. The third kappa shape index (κ3) is 2.47. The number of fused-ring (bicyclic) bond motifs is 1. The highest BCUT2D eigenvalue weighted by atomic mass is 79.9. The van der Waals surface area contributed by atoms with Crippen molar-refractivity contribution in [3.05, 3.63) is 35.5 Å². The fourth-order valence-electron chi connectivity index (χ4n) is 1.86. The van der Waals surface area contributed by atoms with E-state index in [1.54, 1.807) is 0 Å². The molecule has 1 aromatic carbocycles. The summed E-state index contributed by atoms with van der Waals surface area (Å²) in [5.74, 6) is 0. The molecule has 2 aromatic rings. The summed E-state index contributed by atoms with van der Waals surface area (Å²) in [7, 11) is 4.22. The Kier molecular flexibility index (Phi) is 3.66. The normalized spacial score (nSPS) is 11.5. The van der Waals surface area contributed by atoms with Gasteiger partial charge < -0.3 is 9.88 Å². The number of aromatic nitrogens is 1. The monoisotopic (exact) mass is 280 g/mol. The van der Waals surface area contributed by atoms with Crippen LogP contribution in [0.5, 0.6) is 0 Å². The topological polar surface area (TPSA) is 19.0 Å². The molecule has 86 valence electrons. The van der Waals surface area contributed by atoms with Crippen molar-refractivity contribution in [2.24, 2.45) is 0 Å². The lowest BCUT2D eigenvalue weighted by molar-refractivity contribution is 0.414. The van der Waals surface area contributed by atoms with Crippen LogP contribution in [0.2, 0.25) is 0 Å². The number of alkyl halides is 1. The summed E-state index contributed by atoms with van der Waals surface area (Å²) >= 11 is 3.50. The van der Waals surface area contributed by atoms with Gasteiger partial charge in [0.2, 0.25) is 0 Å². The summed E-state index contributed by atoms with van der Waals surface area (Å²) in [5, 5.41) is 2.28. The minimum atomic E-state index is 0.918. The maximum absolute atomic E-state index is 3.50. The number of rotatable bonds is 4. The molecule has 0 aliphatic heterocycles. The molecule has 2 nitrogen and oxygen atoms in total. The highest BCUT2D eigenvalue weighted by Crippen LogP contribution is 2.21. The molecule has 0 aliphatic rings. The lowest BCUT2D eigenvalue weighted by Crippen LogP contribution is -2.14. The molecule has 1 aromatic heterocycles. The van der Waals surface area contributed by atoms with Crippen molar-refractivity contribution in [1.29, 1.82) is 0 Å². The van der Waals surface area contributed by atoms with Crippen molar-refractivity contribution in [2.75, 3.05) is 20.6 Å². The third-order valence-electron chi connectivity index (χ3n) is 2.81. The molecule has 1 heterocycles. The van der Waals surface area contributed by atoms with Gasteiger partial charge in [-0.15, -0.1) is 0 Å². The molecular weight excluding hydrogens is 264 g/mol. The van der Waals surface area contributed by atoms with Crippen molar-refractivity contribution in [3.63, 3.8) is 0 Å². The Morgan fingerprint density at radius 1 is 1.31 bits per heavy atom. The zero-order valence-corrected chi connectivity index (χ0v) is 11.3. The smallest absolute Gasteiger partial charge is 0.0457 e. The molecule has 0 saturated heterocycles. The SMILES string of the molecule is CN(C)CCc1c[nH]c2ccc(CBr)cc12. The van der Waals surface area contributed by atoms with Crippen LogP contribution in [-0.2, 0) is 11.8 Å². The van der Waals surface area contributed by atoms with Gasteiger partial charge in [-0.25, -0.2) is 0 Å². The second-order valence-electron chi connectivity index (χ2n) is 4.38. The summed E-state index contributed by atoms with van der Waals surface area (Å²) < 4.78 is 0. The first-order valence-electron chi connectivity index (χ1n) is 5.50. The van der Waals surface area contributed by atoms with Gasteiger partial charge in [-0.3, -0.25) is 0 Å². The van der Waals surface area contributed by atoms with Gasteiger partial charge in [0.25, 0.3) is 0 Å². The first-order chi connectivity index (χ1) is 7.70. The fraction of sp³-hybridized carbons (Fsp3) is 0.385. The zero-order valence-electron chi connectivity index (χ0n) is 9.76. The van der Waals surface area contributed by atoms with E-state index in [1.807, 2.05) is 0 Å². The lowest BCUT2D eigenvalue weighted by atomic mass is 10.1. The van der Waals surface area contributed by atoms with Gasteiger partial charge in [-0.2, -0.15) is 0 Å².